The number of hydrogen-bond acceptors (Lipinski definition) is 3. The molecule has 0 aliphatic heterocycles. The summed E-state index contributed by atoms with van der Waals surface area (Å²) < 4.78 is 22.2. The summed E-state index contributed by atoms with van der Waals surface area (Å²) in [4.78, 5) is 13.0. The van der Waals surface area contributed by atoms with E-state index >= 15 is 0 Å². The van der Waals surface area contributed by atoms with E-state index in [2.05, 4.69) is 0 Å². The van der Waals surface area contributed by atoms with Crippen molar-refractivity contribution < 1.29 is 13.2 Å². The second-order valence-corrected chi connectivity index (χ2v) is 5.76. The first-order chi connectivity index (χ1) is 8.27. The number of primary sulfonamides is 1. The zero-order valence-electron chi connectivity index (χ0n) is 10.1. The number of carbonyl (C=O) groups excluding carboxylic acids is 1. The summed E-state index contributed by atoms with van der Waals surface area (Å²) in [6, 6.07) is 5.90. The van der Waals surface area contributed by atoms with Crippen LogP contribution in [0.5, 0.6) is 0 Å². The van der Waals surface area contributed by atoms with Crippen LogP contribution >= 0.6 is 11.6 Å². The minimum atomic E-state index is -3.69. The van der Waals surface area contributed by atoms with Gasteiger partial charge in [0.15, 0.2) is 0 Å². The standard InChI is InChI=1S/C11H15ClN2O3S/c1-8(14(2)11(15)7-12)9-3-5-10(6-4-9)18(13,16)17/h3-6,8H,7H2,1-2H3,(H2,13,16,17). The molecule has 7 heteroatoms. The van der Waals surface area contributed by atoms with Crippen LogP contribution < -0.4 is 5.14 Å². The van der Waals surface area contributed by atoms with Crippen LogP contribution in [0.2, 0.25) is 0 Å². The Morgan fingerprint density at radius 2 is 1.89 bits per heavy atom. The highest BCUT2D eigenvalue weighted by atomic mass is 35.5. The summed E-state index contributed by atoms with van der Waals surface area (Å²) in [5.41, 5.74) is 0.809. The maximum Gasteiger partial charge on any atom is 0.238 e. The molecule has 1 unspecified atom stereocenters. The fourth-order valence-electron chi connectivity index (χ4n) is 1.47. The lowest BCUT2D eigenvalue weighted by Gasteiger charge is -2.24. The Morgan fingerprint density at radius 1 is 1.39 bits per heavy atom. The first-order valence-corrected chi connectivity index (χ1v) is 7.30. The molecule has 0 saturated carbocycles. The van der Waals surface area contributed by atoms with Crippen LogP contribution in [0.1, 0.15) is 18.5 Å². The number of benzene rings is 1. The molecule has 1 atom stereocenters. The van der Waals surface area contributed by atoms with Gasteiger partial charge in [-0.3, -0.25) is 4.79 Å². The number of nitrogens with zero attached hydrogens (tertiary/aromatic N) is 1. The average molecular weight is 291 g/mol. The molecule has 0 aliphatic carbocycles. The Labute approximate surface area is 112 Å². The molecule has 0 radical (unpaired) electrons. The van der Waals surface area contributed by atoms with Gasteiger partial charge in [-0.15, -0.1) is 11.6 Å². The lowest BCUT2D eigenvalue weighted by atomic mass is 10.1. The largest absolute Gasteiger partial charge is 0.338 e. The van der Waals surface area contributed by atoms with Crippen LogP contribution in [0.15, 0.2) is 29.2 Å². The summed E-state index contributed by atoms with van der Waals surface area (Å²) >= 11 is 5.48. The Bertz CT molecular complexity index is 528. The van der Waals surface area contributed by atoms with Crippen molar-refractivity contribution in [2.45, 2.75) is 17.9 Å². The summed E-state index contributed by atoms with van der Waals surface area (Å²) in [5, 5.41) is 5.00. The van der Waals surface area contributed by atoms with Gasteiger partial charge in [0.05, 0.1) is 10.9 Å². The number of hydrogen-bond donors (Lipinski definition) is 1. The molecule has 0 aromatic heterocycles. The molecular weight excluding hydrogens is 276 g/mol. The number of rotatable bonds is 4. The van der Waals surface area contributed by atoms with Crippen LogP contribution in [0.25, 0.3) is 0 Å². The Hall–Kier alpha value is -1.11. The van der Waals surface area contributed by atoms with Crippen molar-refractivity contribution in [1.82, 2.24) is 4.90 Å². The summed E-state index contributed by atoms with van der Waals surface area (Å²) in [5.74, 6) is -0.282. The van der Waals surface area contributed by atoms with Gasteiger partial charge in [0.2, 0.25) is 15.9 Å². The number of sulfonamides is 1. The molecule has 1 amide bonds. The molecule has 2 N–H and O–H groups in total. The second-order valence-electron chi connectivity index (χ2n) is 3.93. The maximum absolute atomic E-state index is 11.4. The van der Waals surface area contributed by atoms with Gasteiger partial charge in [0.25, 0.3) is 0 Å². The van der Waals surface area contributed by atoms with Crippen LogP contribution in [-0.2, 0) is 14.8 Å². The summed E-state index contributed by atoms with van der Waals surface area (Å²) in [6.07, 6.45) is 0. The van der Waals surface area contributed by atoms with Gasteiger partial charge in [0, 0.05) is 7.05 Å². The third-order valence-electron chi connectivity index (χ3n) is 2.78. The van der Waals surface area contributed by atoms with Crippen LogP contribution in [-0.4, -0.2) is 32.2 Å². The Morgan fingerprint density at radius 3 is 2.28 bits per heavy atom. The van der Waals surface area contributed by atoms with Crippen molar-refractivity contribution >= 4 is 27.5 Å². The van der Waals surface area contributed by atoms with Crippen LogP contribution in [0.3, 0.4) is 0 Å². The summed E-state index contributed by atoms with van der Waals surface area (Å²) in [6.45, 7) is 1.83. The van der Waals surface area contributed by atoms with Crippen molar-refractivity contribution in [2.24, 2.45) is 5.14 Å². The molecule has 1 aromatic rings. The molecule has 0 aliphatic rings. The van der Waals surface area contributed by atoms with Gasteiger partial charge in [-0.05, 0) is 24.6 Å². The SMILES string of the molecule is CC(c1ccc(S(N)(=O)=O)cc1)N(C)C(=O)CCl. The van der Waals surface area contributed by atoms with E-state index in [0.717, 1.165) is 5.56 Å². The first kappa shape index (κ1) is 14.9. The Balaban J connectivity index is 2.95. The topological polar surface area (TPSA) is 80.5 Å². The van der Waals surface area contributed by atoms with E-state index in [1.165, 1.54) is 17.0 Å². The van der Waals surface area contributed by atoms with Gasteiger partial charge < -0.3 is 4.90 Å². The molecule has 0 saturated heterocycles. The molecule has 5 nitrogen and oxygen atoms in total. The fourth-order valence-corrected chi connectivity index (χ4v) is 2.17. The lowest BCUT2D eigenvalue weighted by Crippen LogP contribution is -2.30. The van der Waals surface area contributed by atoms with E-state index < -0.39 is 10.0 Å². The number of nitrogens with two attached hydrogens (primary N) is 1. The van der Waals surface area contributed by atoms with E-state index in [-0.39, 0.29) is 22.7 Å². The van der Waals surface area contributed by atoms with Gasteiger partial charge in [0.1, 0.15) is 5.88 Å². The van der Waals surface area contributed by atoms with Gasteiger partial charge in [-0.2, -0.15) is 0 Å². The van der Waals surface area contributed by atoms with Crippen molar-refractivity contribution in [1.29, 1.82) is 0 Å². The predicted octanol–water partition coefficient (Wildman–Crippen LogP) is 1.09. The molecular formula is C11H15ClN2O3S. The highest BCUT2D eigenvalue weighted by Crippen LogP contribution is 2.20. The third-order valence-corrected chi connectivity index (χ3v) is 3.94. The monoisotopic (exact) mass is 290 g/mol. The Kier molecular flexibility index (Phi) is 4.72. The zero-order valence-corrected chi connectivity index (χ0v) is 11.7. The molecule has 1 rings (SSSR count). The van der Waals surface area contributed by atoms with Crippen molar-refractivity contribution in [3.63, 3.8) is 0 Å². The summed E-state index contributed by atoms with van der Waals surface area (Å²) in [7, 11) is -2.05. The minimum Gasteiger partial charge on any atom is -0.338 e. The van der Waals surface area contributed by atoms with Crippen LogP contribution in [0, 0.1) is 0 Å². The van der Waals surface area contributed by atoms with E-state index in [9.17, 15) is 13.2 Å². The highest BCUT2D eigenvalue weighted by Gasteiger charge is 2.17. The number of amides is 1. The third kappa shape index (κ3) is 3.44. The fraction of sp³-hybridized carbons (Fsp3) is 0.364. The van der Waals surface area contributed by atoms with Crippen molar-refractivity contribution in [2.75, 3.05) is 12.9 Å². The number of alkyl halides is 1. The van der Waals surface area contributed by atoms with E-state index in [1.807, 2.05) is 6.92 Å². The normalized spacial score (nSPS) is 13.1. The van der Waals surface area contributed by atoms with Gasteiger partial charge >= 0.3 is 0 Å². The van der Waals surface area contributed by atoms with Gasteiger partial charge in [-0.25, -0.2) is 13.6 Å². The predicted molar refractivity (Wildman–Crippen MR) is 69.7 cm³/mol. The quantitative estimate of drug-likeness (QED) is 0.843. The van der Waals surface area contributed by atoms with E-state index in [4.69, 9.17) is 16.7 Å². The molecule has 0 bridgehead atoms. The average Bonchev–Trinajstić information content (AvgIpc) is 2.35. The molecule has 100 valence electrons. The second kappa shape index (κ2) is 5.69. The van der Waals surface area contributed by atoms with Crippen molar-refractivity contribution in [3.8, 4) is 0 Å². The number of halogens is 1. The van der Waals surface area contributed by atoms with Gasteiger partial charge in [-0.1, -0.05) is 12.1 Å². The molecule has 0 heterocycles. The van der Waals surface area contributed by atoms with Crippen molar-refractivity contribution in [3.05, 3.63) is 29.8 Å². The van der Waals surface area contributed by atoms with Crippen LogP contribution in [0.4, 0.5) is 0 Å². The maximum atomic E-state index is 11.4. The molecule has 18 heavy (non-hydrogen) atoms. The minimum absolute atomic E-state index is 0.0461. The number of carbonyl (C=O) groups is 1. The lowest BCUT2D eigenvalue weighted by molar-refractivity contribution is -0.129. The molecule has 0 spiro atoms. The highest BCUT2D eigenvalue weighted by molar-refractivity contribution is 7.89. The van der Waals surface area contributed by atoms with E-state index in [1.54, 1.807) is 19.2 Å². The smallest absolute Gasteiger partial charge is 0.238 e. The van der Waals surface area contributed by atoms with E-state index in [0.29, 0.717) is 0 Å². The zero-order chi connectivity index (χ0) is 13.9. The first-order valence-electron chi connectivity index (χ1n) is 5.21. The molecule has 0 fully saturated rings. The molecule has 1 aromatic carbocycles.